The number of fused-ring (bicyclic) bond motifs is 1. The lowest BCUT2D eigenvalue weighted by atomic mass is 10.0. The molecule has 2 aromatic rings. The molecule has 18 heavy (non-hydrogen) atoms. The zero-order valence-corrected chi connectivity index (χ0v) is 10.2. The minimum absolute atomic E-state index is 0.111. The van der Waals surface area contributed by atoms with Gasteiger partial charge in [0, 0.05) is 31.6 Å². The van der Waals surface area contributed by atoms with Gasteiger partial charge in [-0.1, -0.05) is 6.08 Å². The van der Waals surface area contributed by atoms with Crippen LogP contribution in [-0.4, -0.2) is 38.8 Å². The van der Waals surface area contributed by atoms with E-state index in [2.05, 4.69) is 21.0 Å². The predicted octanol–water partition coefficient (Wildman–Crippen LogP) is 1.59. The molecule has 0 atom stereocenters. The Morgan fingerprint density at radius 2 is 2.33 bits per heavy atom. The summed E-state index contributed by atoms with van der Waals surface area (Å²) in [6, 6.07) is 1.97. The normalized spacial score (nSPS) is 15.8. The number of H-pyrrole nitrogens is 1. The van der Waals surface area contributed by atoms with Crippen molar-refractivity contribution in [3.8, 4) is 0 Å². The second kappa shape index (κ2) is 4.25. The average Bonchev–Trinajstić information content (AvgIpc) is 2.87. The van der Waals surface area contributed by atoms with E-state index in [1.54, 1.807) is 13.3 Å². The molecule has 1 aliphatic rings. The predicted molar refractivity (Wildman–Crippen MR) is 68.7 cm³/mol. The fourth-order valence-electron chi connectivity index (χ4n) is 2.31. The molecule has 3 rings (SSSR count). The fourth-order valence-corrected chi connectivity index (χ4v) is 2.31. The molecular formula is C13H14N4O. The summed E-state index contributed by atoms with van der Waals surface area (Å²) in [6.45, 7) is 3.03. The first kappa shape index (κ1) is 11.0. The Balaban J connectivity index is 2.02. The summed E-state index contributed by atoms with van der Waals surface area (Å²) in [5, 5.41) is 1.01. The number of hydrogen-bond acceptors (Lipinski definition) is 3. The lowest BCUT2D eigenvalue weighted by molar-refractivity contribution is -0.128. The van der Waals surface area contributed by atoms with Gasteiger partial charge in [-0.05, 0) is 18.1 Å². The van der Waals surface area contributed by atoms with Crippen LogP contribution >= 0.6 is 0 Å². The number of nitrogens with zero attached hydrogens (tertiary/aromatic N) is 3. The molecule has 1 amide bonds. The molecule has 0 aliphatic carbocycles. The van der Waals surface area contributed by atoms with E-state index in [4.69, 9.17) is 0 Å². The van der Waals surface area contributed by atoms with Crippen molar-refractivity contribution in [3.05, 3.63) is 30.4 Å². The molecule has 0 fully saturated rings. The molecule has 5 heteroatoms. The number of rotatable bonds is 1. The fraction of sp³-hybridized carbons (Fsp3) is 0.308. The van der Waals surface area contributed by atoms with E-state index in [9.17, 15) is 4.79 Å². The Morgan fingerprint density at radius 1 is 1.44 bits per heavy atom. The number of carbonyl (C=O) groups is 1. The van der Waals surface area contributed by atoms with E-state index < -0.39 is 0 Å². The lowest BCUT2D eigenvalue weighted by Gasteiger charge is -2.26. The Bertz CT molecular complexity index is 629. The van der Waals surface area contributed by atoms with Gasteiger partial charge in [0.15, 0.2) is 0 Å². The molecule has 2 aromatic heterocycles. The Labute approximate surface area is 105 Å². The van der Waals surface area contributed by atoms with Crippen molar-refractivity contribution in [2.45, 2.75) is 13.3 Å². The Morgan fingerprint density at radius 3 is 3.17 bits per heavy atom. The summed E-state index contributed by atoms with van der Waals surface area (Å²) < 4.78 is 0. The zero-order chi connectivity index (χ0) is 12.5. The lowest BCUT2D eigenvalue weighted by Crippen LogP contribution is -2.33. The molecule has 0 saturated carbocycles. The highest BCUT2D eigenvalue weighted by molar-refractivity contribution is 5.89. The monoisotopic (exact) mass is 242 g/mol. The number of aromatic amines is 1. The quantitative estimate of drug-likeness (QED) is 0.826. The molecule has 0 saturated heterocycles. The molecule has 5 nitrogen and oxygen atoms in total. The zero-order valence-electron chi connectivity index (χ0n) is 10.2. The first-order valence-electron chi connectivity index (χ1n) is 5.98. The van der Waals surface area contributed by atoms with E-state index in [0.717, 1.165) is 35.3 Å². The minimum Gasteiger partial charge on any atom is -0.346 e. The van der Waals surface area contributed by atoms with Gasteiger partial charge in [-0.2, -0.15) is 0 Å². The molecule has 0 radical (unpaired) electrons. The Kier molecular flexibility index (Phi) is 2.59. The first-order chi connectivity index (χ1) is 8.75. The van der Waals surface area contributed by atoms with E-state index in [1.165, 1.54) is 0 Å². The second-order valence-corrected chi connectivity index (χ2v) is 4.42. The van der Waals surface area contributed by atoms with Gasteiger partial charge in [0.1, 0.15) is 12.0 Å². The summed E-state index contributed by atoms with van der Waals surface area (Å²) in [7, 11) is 0. The summed E-state index contributed by atoms with van der Waals surface area (Å²) >= 11 is 0. The molecule has 0 bridgehead atoms. The highest BCUT2D eigenvalue weighted by atomic mass is 16.2. The molecule has 1 aliphatic heterocycles. The van der Waals surface area contributed by atoms with Crippen molar-refractivity contribution in [2.75, 3.05) is 13.1 Å². The van der Waals surface area contributed by atoms with Gasteiger partial charge in [-0.25, -0.2) is 9.97 Å². The Hall–Kier alpha value is -2.17. The van der Waals surface area contributed by atoms with Crippen molar-refractivity contribution in [2.24, 2.45) is 0 Å². The standard InChI is InChI=1S/C13H14N4O/c1-9(18)17-6-2-3-10(7-17)12-11-4-5-14-13(11)16-8-15-12/h3-5,8H,2,6-7H2,1H3,(H,14,15,16). The molecule has 3 heterocycles. The van der Waals surface area contributed by atoms with Gasteiger partial charge in [-0.15, -0.1) is 0 Å². The maximum absolute atomic E-state index is 11.4. The third kappa shape index (κ3) is 1.77. The number of nitrogens with one attached hydrogen (secondary N) is 1. The van der Waals surface area contributed by atoms with Gasteiger partial charge in [0.25, 0.3) is 0 Å². The second-order valence-electron chi connectivity index (χ2n) is 4.42. The van der Waals surface area contributed by atoms with Crippen LogP contribution in [-0.2, 0) is 4.79 Å². The van der Waals surface area contributed by atoms with Crippen LogP contribution in [0.4, 0.5) is 0 Å². The molecule has 0 aromatic carbocycles. The van der Waals surface area contributed by atoms with Crippen LogP contribution in [0.1, 0.15) is 19.0 Å². The van der Waals surface area contributed by atoms with Crippen LogP contribution in [0.3, 0.4) is 0 Å². The van der Waals surface area contributed by atoms with Crippen molar-refractivity contribution < 1.29 is 4.79 Å². The topological polar surface area (TPSA) is 61.9 Å². The van der Waals surface area contributed by atoms with Gasteiger partial charge in [0.2, 0.25) is 5.91 Å². The first-order valence-corrected chi connectivity index (χ1v) is 5.98. The van der Waals surface area contributed by atoms with Crippen LogP contribution in [0.2, 0.25) is 0 Å². The highest BCUT2D eigenvalue weighted by Crippen LogP contribution is 2.24. The van der Waals surface area contributed by atoms with Gasteiger partial charge >= 0.3 is 0 Å². The molecule has 92 valence electrons. The van der Waals surface area contributed by atoms with E-state index in [0.29, 0.717) is 6.54 Å². The molecular weight excluding hydrogens is 228 g/mol. The number of aromatic nitrogens is 3. The van der Waals surface area contributed by atoms with Crippen molar-refractivity contribution in [1.82, 2.24) is 19.9 Å². The largest absolute Gasteiger partial charge is 0.346 e. The molecule has 0 spiro atoms. The third-order valence-electron chi connectivity index (χ3n) is 3.25. The summed E-state index contributed by atoms with van der Waals surface area (Å²) in [4.78, 5) is 24.9. The number of carbonyl (C=O) groups excluding carboxylic acids is 1. The van der Waals surface area contributed by atoms with Crippen LogP contribution < -0.4 is 0 Å². The SMILES string of the molecule is CC(=O)N1CCC=C(c2ncnc3[nH]ccc23)C1. The third-order valence-corrected chi connectivity index (χ3v) is 3.25. The van der Waals surface area contributed by atoms with Crippen LogP contribution in [0.5, 0.6) is 0 Å². The smallest absolute Gasteiger partial charge is 0.219 e. The van der Waals surface area contributed by atoms with Crippen LogP contribution in [0.15, 0.2) is 24.7 Å². The van der Waals surface area contributed by atoms with Crippen molar-refractivity contribution >= 4 is 22.5 Å². The van der Waals surface area contributed by atoms with Gasteiger partial charge in [-0.3, -0.25) is 4.79 Å². The van der Waals surface area contributed by atoms with Crippen LogP contribution in [0.25, 0.3) is 16.6 Å². The van der Waals surface area contributed by atoms with Gasteiger partial charge in [0.05, 0.1) is 5.69 Å². The maximum atomic E-state index is 11.4. The molecule has 0 unspecified atom stereocenters. The highest BCUT2D eigenvalue weighted by Gasteiger charge is 2.18. The van der Waals surface area contributed by atoms with Crippen molar-refractivity contribution in [1.29, 1.82) is 0 Å². The van der Waals surface area contributed by atoms with Gasteiger partial charge < -0.3 is 9.88 Å². The summed E-state index contributed by atoms with van der Waals surface area (Å²) in [5.74, 6) is 0.111. The number of hydrogen-bond donors (Lipinski definition) is 1. The van der Waals surface area contributed by atoms with E-state index in [-0.39, 0.29) is 5.91 Å². The summed E-state index contributed by atoms with van der Waals surface area (Å²) in [5.41, 5.74) is 2.86. The minimum atomic E-state index is 0.111. The average molecular weight is 242 g/mol. The number of amides is 1. The van der Waals surface area contributed by atoms with E-state index >= 15 is 0 Å². The maximum Gasteiger partial charge on any atom is 0.219 e. The molecule has 1 N–H and O–H groups in total. The van der Waals surface area contributed by atoms with Crippen LogP contribution in [0, 0.1) is 0 Å². The van der Waals surface area contributed by atoms with Crippen molar-refractivity contribution in [3.63, 3.8) is 0 Å². The van der Waals surface area contributed by atoms with E-state index in [1.807, 2.05) is 17.2 Å². The summed E-state index contributed by atoms with van der Waals surface area (Å²) in [6.07, 6.45) is 6.45.